The maximum atomic E-state index is 14.1. The van der Waals surface area contributed by atoms with Crippen LogP contribution in [0.3, 0.4) is 0 Å². The van der Waals surface area contributed by atoms with E-state index in [4.69, 9.17) is 0 Å². The third-order valence-corrected chi connectivity index (χ3v) is 7.35. The maximum Gasteiger partial charge on any atom is 0.250 e. The van der Waals surface area contributed by atoms with Crippen molar-refractivity contribution in [2.75, 3.05) is 11.9 Å². The first-order valence-corrected chi connectivity index (χ1v) is 12.4. The molecule has 3 aromatic carbocycles. The van der Waals surface area contributed by atoms with Crippen LogP contribution in [0.15, 0.2) is 65.6 Å². The first-order valence-electron chi connectivity index (χ1n) is 11.6. The van der Waals surface area contributed by atoms with Crippen molar-refractivity contribution in [1.82, 2.24) is 10.6 Å². The van der Waals surface area contributed by atoms with E-state index in [1.807, 2.05) is 0 Å². The van der Waals surface area contributed by atoms with Gasteiger partial charge in [0.15, 0.2) is 0 Å². The number of likely N-dealkylation sites (N-methyl/N-ethyl adjacent to an activating group) is 1. The van der Waals surface area contributed by atoms with Crippen LogP contribution in [0.5, 0.6) is 0 Å². The summed E-state index contributed by atoms with van der Waals surface area (Å²) in [6, 6.07) is 10.2. The number of anilines is 1. The van der Waals surface area contributed by atoms with Crippen LogP contribution >= 0.6 is 11.8 Å². The van der Waals surface area contributed by atoms with Crippen LogP contribution in [-0.4, -0.2) is 36.9 Å². The second-order valence-electron chi connectivity index (χ2n) is 8.84. The standard InChI is InChI=1S/C27H23F4N3O3S/c1-14(32-23(35)9-15-7-17(28)12-18(29)8-15)26(36)33-24-25(16-10-19(30)13-20(31)11-16)38-22-6-4-3-5-21(22)34(2)27(24)37/h3-8,10-14,24-25H,9H2,1-2H3,(H,32,35)(H,33,36)/t14-,24-,25+/m0/s1. The molecule has 0 aliphatic carbocycles. The molecule has 0 saturated heterocycles. The fourth-order valence-electron chi connectivity index (χ4n) is 4.17. The van der Waals surface area contributed by atoms with Gasteiger partial charge in [-0.1, -0.05) is 12.1 Å². The van der Waals surface area contributed by atoms with Gasteiger partial charge in [0, 0.05) is 24.1 Å². The lowest BCUT2D eigenvalue weighted by Gasteiger charge is -2.28. The number of hydrogen-bond donors (Lipinski definition) is 2. The number of hydrogen-bond acceptors (Lipinski definition) is 4. The molecule has 1 heterocycles. The molecule has 38 heavy (non-hydrogen) atoms. The maximum absolute atomic E-state index is 14.1. The molecule has 3 amide bonds. The van der Waals surface area contributed by atoms with E-state index in [0.29, 0.717) is 22.7 Å². The van der Waals surface area contributed by atoms with E-state index < -0.39 is 58.3 Å². The van der Waals surface area contributed by atoms with Crippen LogP contribution in [0.4, 0.5) is 23.2 Å². The highest BCUT2D eigenvalue weighted by atomic mass is 32.2. The van der Waals surface area contributed by atoms with Gasteiger partial charge in [0.2, 0.25) is 11.8 Å². The highest BCUT2D eigenvalue weighted by Gasteiger charge is 2.39. The predicted molar refractivity (Wildman–Crippen MR) is 134 cm³/mol. The van der Waals surface area contributed by atoms with E-state index in [2.05, 4.69) is 10.6 Å². The second kappa shape index (κ2) is 11.3. The third-order valence-electron chi connectivity index (χ3n) is 5.95. The molecule has 0 bridgehead atoms. The van der Waals surface area contributed by atoms with Gasteiger partial charge in [-0.05, 0) is 54.4 Å². The molecular weight excluding hydrogens is 522 g/mol. The lowest BCUT2D eigenvalue weighted by Crippen LogP contribution is -2.54. The normalized spacial score (nSPS) is 17.8. The number of benzene rings is 3. The number of carbonyl (C=O) groups excluding carboxylic acids is 3. The second-order valence-corrected chi connectivity index (χ2v) is 10.0. The summed E-state index contributed by atoms with van der Waals surface area (Å²) in [5.41, 5.74) is 0.793. The van der Waals surface area contributed by atoms with E-state index in [0.717, 1.165) is 24.3 Å². The minimum Gasteiger partial charge on any atom is -0.344 e. The van der Waals surface area contributed by atoms with E-state index in [9.17, 15) is 31.9 Å². The van der Waals surface area contributed by atoms with Gasteiger partial charge >= 0.3 is 0 Å². The van der Waals surface area contributed by atoms with Crippen molar-refractivity contribution in [2.45, 2.75) is 35.6 Å². The Morgan fingerprint density at radius 1 is 0.947 bits per heavy atom. The minimum atomic E-state index is -1.25. The molecule has 4 rings (SSSR count). The molecule has 3 atom stereocenters. The number of nitrogens with zero attached hydrogens (tertiary/aromatic N) is 1. The largest absolute Gasteiger partial charge is 0.344 e. The zero-order valence-electron chi connectivity index (χ0n) is 20.3. The fraction of sp³-hybridized carbons (Fsp3) is 0.222. The Bertz CT molecular complexity index is 1360. The molecule has 2 N–H and O–H groups in total. The van der Waals surface area contributed by atoms with Gasteiger partial charge in [-0.2, -0.15) is 0 Å². The number of rotatable bonds is 6. The number of thioether (sulfide) groups is 1. The summed E-state index contributed by atoms with van der Waals surface area (Å²) in [7, 11) is 1.53. The molecule has 11 heteroatoms. The zero-order valence-corrected chi connectivity index (χ0v) is 21.1. The number of amides is 3. The first kappa shape index (κ1) is 27.2. The zero-order chi connectivity index (χ0) is 27.6. The molecular formula is C27H23F4N3O3S. The quantitative estimate of drug-likeness (QED) is 0.454. The summed E-state index contributed by atoms with van der Waals surface area (Å²) < 4.78 is 55.1. The topological polar surface area (TPSA) is 78.5 Å². The van der Waals surface area contributed by atoms with Gasteiger partial charge < -0.3 is 15.5 Å². The number of halogens is 4. The summed E-state index contributed by atoms with van der Waals surface area (Å²) >= 11 is 1.17. The van der Waals surface area contributed by atoms with Gasteiger partial charge in [-0.25, -0.2) is 17.6 Å². The number of para-hydroxylation sites is 1. The van der Waals surface area contributed by atoms with Crippen molar-refractivity contribution in [2.24, 2.45) is 0 Å². The van der Waals surface area contributed by atoms with Crippen LogP contribution in [0.2, 0.25) is 0 Å². The van der Waals surface area contributed by atoms with Crippen LogP contribution in [-0.2, 0) is 20.8 Å². The van der Waals surface area contributed by atoms with E-state index in [-0.39, 0.29) is 17.5 Å². The Hall–Kier alpha value is -3.86. The molecule has 0 saturated carbocycles. The van der Waals surface area contributed by atoms with E-state index >= 15 is 0 Å². The molecule has 198 valence electrons. The van der Waals surface area contributed by atoms with Crippen LogP contribution in [0, 0.1) is 23.3 Å². The van der Waals surface area contributed by atoms with Gasteiger partial charge in [0.1, 0.15) is 35.4 Å². The number of carbonyl (C=O) groups is 3. The summed E-state index contributed by atoms with van der Waals surface area (Å²) in [5, 5.41) is 4.16. The van der Waals surface area contributed by atoms with Crippen molar-refractivity contribution in [1.29, 1.82) is 0 Å². The Balaban J connectivity index is 1.57. The number of nitrogens with one attached hydrogen (secondary N) is 2. The summed E-state index contributed by atoms with van der Waals surface area (Å²) in [4.78, 5) is 41.0. The molecule has 6 nitrogen and oxygen atoms in total. The van der Waals surface area contributed by atoms with Crippen LogP contribution in [0.25, 0.3) is 0 Å². The van der Waals surface area contributed by atoms with Gasteiger partial charge in [0.25, 0.3) is 5.91 Å². The van der Waals surface area contributed by atoms with Gasteiger partial charge in [-0.15, -0.1) is 11.8 Å². The third kappa shape index (κ3) is 6.16. The van der Waals surface area contributed by atoms with Crippen LogP contribution in [0.1, 0.15) is 23.3 Å². The monoisotopic (exact) mass is 545 g/mol. The van der Waals surface area contributed by atoms with E-state index in [1.165, 1.54) is 30.6 Å². The van der Waals surface area contributed by atoms with Gasteiger partial charge in [0.05, 0.1) is 17.4 Å². The van der Waals surface area contributed by atoms with E-state index in [1.54, 1.807) is 24.3 Å². The molecule has 0 aromatic heterocycles. The lowest BCUT2D eigenvalue weighted by atomic mass is 10.0. The lowest BCUT2D eigenvalue weighted by molar-refractivity contribution is -0.130. The average molecular weight is 546 g/mol. The Morgan fingerprint density at radius 3 is 2.16 bits per heavy atom. The number of fused-ring (bicyclic) bond motifs is 1. The van der Waals surface area contributed by atoms with Crippen molar-refractivity contribution >= 4 is 35.2 Å². The van der Waals surface area contributed by atoms with Crippen LogP contribution < -0.4 is 15.5 Å². The molecule has 1 aliphatic rings. The Morgan fingerprint density at radius 2 is 1.53 bits per heavy atom. The smallest absolute Gasteiger partial charge is 0.250 e. The first-order chi connectivity index (χ1) is 18.0. The molecule has 0 radical (unpaired) electrons. The molecule has 0 unspecified atom stereocenters. The average Bonchev–Trinajstić information content (AvgIpc) is 2.93. The highest BCUT2D eigenvalue weighted by molar-refractivity contribution is 7.99. The van der Waals surface area contributed by atoms with Crippen molar-refractivity contribution in [3.8, 4) is 0 Å². The summed E-state index contributed by atoms with van der Waals surface area (Å²) in [6.07, 6.45) is -0.381. The molecule has 1 aliphatic heterocycles. The SMILES string of the molecule is C[C@H](NC(=O)Cc1cc(F)cc(F)c1)C(=O)N[C@@H]1C(=O)N(C)c2ccccc2S[C@@H]1c1cc(F)cc(F)c1. The van der Waals surface area contributed by atoms with Crippen molar-refractivity contribution in [3.05, 3.63) is 95.1 Å². The van der Waals surface area contributed by atoms with Crippen molar-refractivity contribution < 1.29 is 31.9 Å². The highest BCUT2D eigenvalue weighted by Crippen LogP contribution is 2.45. The van der Waals surface area contributed by atoms with Gasteiger partial charge in [-0.3, -0.25) is 14.4 Å². The Kier molecular flexibility index (Phi) is 8.05. The van der Waals surface area contributed by atoms with Crippen molar-refractivity contribution in [3.63, 3.8) is 0 Å². The summed E-state index contributed by atoms with van der Waals surface area (Å²) in [5.74, 6) is -5.28. The summed E-state index contributed by atoms with van der Waals surface area (Å²) in [6.45, 7) is 1.38. The minimum absolute atomic E-state index is 0.0792. The molecule has 3 aromatic rings. The Labute approximate surface area is 220 Å². The predicted octanol–water partition coefficient (Wildman–Crippen LogP) is 4.29. The molecule has 0 fully saturated rings. The molecule has 0 spiro atoms. The fourth-order valence-corrected chi connectivity index (χ4v) is 5.52.